The van der Waals surface area contributed by atoms with Crippen molar-refractivity contribution in [2.24, 2.45) is 17.6 Å². The number of amides is 1. The van der Waals surface area contributed by atoms with Crippen LogP contribution in [0, 0.1) is 18.8 Å². The minimum absolute atomic E-state index is 0.0428. The monoisotopic (exact) mass is 288 g/mol. The van der Waals surface area contributed by atoms with Crippen LogP contribution in [0.3, 0.4) is 0 Å². The summed E-state index contributed by atoms with van der Waals surface area (Å²) in [6.07, 6.45) is 5.48. The van der Waals surface area contributed by atoms with Crippen molar-refractivity contribution in [2.45, 2.75) is 32.6 Å². The van der Waals surface area contributed by atoms with Gasteiger partial charge in [-0.3, -0.25) is 9.20 Å². The molecule has 2 heterocycles. The number of aryl methyl sites for hydroxylation is 1. The molecular weight excluding hydrogens is 268 g/mol. The highest BCUT2D eigenvalue weighted by molar-refractivity contribution is 5.91. The highest BCUT2D eigenvalue weighted by Gasteiger charge is 2.26. The SMILES string of the molecule is Cc1cc(NC(=O)[C@H]2CC[C@H](CN)CC2)nc2nncn12. The molecule has 0 aliphatic heterocycles. The third-order valence-corrected chi connectivity index (χ3v) is 4.28. The molecule has 2 aromatic heterocycles. The minimum atomic E-state index is 0.0428. The van der Waals surface area contributed by atoms with Gasteiger partial charge in [-0.1, -0.05) is 0 Å². The zero-order chi connectivity index (χ0) is 14.8. The Morgan fingerprint density at radius 2 is 2.19 bits per heavy atom. The molecule has 0 atom stereocenters. The number of nitrogens with one attached hydrogen (secondary N) is 1. The third-order valence-electron chi connectivity index (χ3n) is 4.28. The van der Waals surface area contributed by atoms with Crippen molar-refractivity contribution in [3.63, 3.8) is 0 Å². The second kappa shape index (κ2) is 5.77. The first kappa shape index (κ1) is 13.9. The Morgan fingerprint density at radius 1 is 1.43 bits per heavy atom. The average Bonchev–Trinajstić information content (AvgIpc) is 2.96. The highest BCUT2D eigenvalue weighted by Crippen LogP contribution is 2.28. The number of hydrogen-bond donors (Lipinski definition) is 2. The lowest BCUT2D eigenvalue weighted by atomic mass is 9.81. The third kappa shape index (κ3) is 2.87. The van der Waals surface area contributed by atoms with Crippen LogP contribution >= 0.6 is 0 Å². The van der Waals surface area contributed by atoms with Gasteiger partial charge in [0.15, 0.2) is 0 Å². The Kier molecular flexibility index (Phi) is 3.83. The predicted molar refractivity (Wildman–Crippen MR) is 78.7 cm³/mol. The zero-order valence-corrected chi connectivity index (χ0v) is 12.1. The second-order valence-corrected chi connectivity index (χ2v) is 5.73. The molecule has 7 heteroatoms. The van der Waals surface area contributed by atoms with E-state index in [4.69, 9.17) is 5.73 Å². The summed E-state index contributed by atoms with van der Waals surface area (Å²) in [7, 11) is 0. The van der Waals surface area contributed by atoms with Crippen LogP contribution in [0.2, 0.25) is 0 Å². The predicted octanol–water partition coefficient (Wildman–Crippen LogP) is 1.14. The van der Waals surface area contributed by atoms with Gasteiger partial charge in [-0.15, -0.1) is 10.2 Å². The summed E-state index contributed by atoms with van der Waals surface area (Å²) in [4.78, 5) is 16.6. The Hall–Kier alpha value is -2.02. The number of aromatic nitrogens is 4. The van der Waals surface area contributed by atoms with E-state index in [9.17, 15) is 4.79 Å². The van der Waals surface area contributed by atoms with Gasteiger partial charge in [0.25, 0.3) is 5.78 Å². The van der Waals surface area contributed by atoms with E-state index >= 15 is 0 Å². The molecule has 7 nitrogen and oxygen atoms in total. The van der Waals surface area contributed by atoms with Crippen molar-refractivity contribution in [3.05, 3.63) is 18.1 Å². The average molecular weight is 288 g/mol. The lowest BCUT2D eigenvalue weighted by Crippen LogP contribution is -2.29. The molecule has 0 saturated heterocycles. The molecule has 0 aromatic carbocycles. The Morgan fingerprint density at radius 3 is 2.90 bits per heavy atom. The van der Waals surface area contributed by atoms with Gasteiger partial charge in [-0.2, -0.15) is 4.98 Å². The summed E-state index contributed by atoms with van der Waals surface area (Å²) in [6, 6.07) is 1.83. The Balaban J connectivity index is 1.69. The van der Waals surface area contributed by atoms with Crippen molar-refractivity contribution in [3.8, 4) is 0 Å². The van der Waals surface area contributed by atoms with Crippen LogP contribution in [0.1, 0.15) is 31.4 Å². The number of nitrogens with two attached hydrogens (primary N) is 1. The summed E-state index contributed by atoms with van der Waals surface area (Å²) in [6.45, 7) is 2.65. The lowest BCUT2D eigenvalue weighted by molar-refractivity contribution is -0.121. The van der Waals surface area contributed by atoms with Gasteiger partial charge in [-0.05, 0) is 45.1 Å². The van der Waals surface area contributed by atoms with Crippen LogP contribution in [0.4, 0.5) is 5.82 Å². The second-order valence-electron chi connectivity index (χ2n) is 5.73. The van der Waals surface area contributed by atoms with E-state index in [0.717, 1.165) is 37.9 Å². The summed E-state index contributed by atoms with van der Waals surface area (Å²) in [5, 5.41) is 10.6. The van der Waals surface area contributed by atoms with Crippen LogP contribution in [0.15, 0.2) is 12.4 Å². The maximum Gasteiger partial charge on any atom is 0.256 e. The first-order valence-corrected chi connectivity index (χ1v) is 7.35. The summed E-state index contributed by atoms with van der Waals surface area (Å²) in [5.74, 6) is 1.71. The van der Waals surface area contributed by atoms with Gasteiger partial charge in [-0.25, -0.2) is 0 Å². The zero-order valence-electron chi connectivity index (χ0n) is 12.1. The first-order valence-electron chi connectivity index (χ1n) is 7.35. The van der Waals surface area contributed by atoms with Crippen LogP contribution in [0.25, 0.3) is 5.78 Å². The van der Waals surface area contributed by atoms with E-state index in [0.29, 0.717) is 17.5 Å². The van der Waals surface area contributed by atoms with E-state index < -0.39 is 0 Å². The molecule has 3 rings (SSSR count). The summed E-state index contributed by atoms with van der Waals surface area (Å²) in [5.41, 5.74) is 6.62. The lowest BCUT2D eigenvalue weighted by Gasteiger charge is -2.26. The fourth-order valence-electron chi connectivity index (χ4n) is 2.91. The van der Waals surface area contributed by atoms with Crippen LogP contribution in [-0.2, 0) is 4.79 Å². The van der Waals surface area contributed by atoms with Crippen LogP contribution < -0.4 is 11.1 Å². The normalized spacial score (nSPS) is 22.4. The van der Waals surface area contributed by atoms with Crippen LogP contribution in [-0.4, -0.2) is 32.0 Å². The molecule has 21 heavy (non-hydrogen) atoms. The summed E-state index contributed by atoms with van der Waals surface area (Å²) >= 11 is 0. The molecule has 3 N–H and O–H groups in total. The van der Waals surface area contributed by atoms with Crippen molar-refractivity contribution in [1.29, 1.82) is 0 Å². The molecule has 0 unspecified atom stereocenters. The van der Waals surface area contributed by atoms with Gasteiger partial charge in [0.1, 0.15) is 12.1 Å². The van der Waals surface area contributed by atoms with Crippen molar-refractivity contribution in [2.75, 3.05) is 11.9 Å². The van der Waals surface area contributed by atoms with E-state index in [1.54, 1.807) is 10.7 Å². The maximum atomic E-state index is 12.3. The molecule has 1 aliphatic carbocycles. The summed E-state index contributed by atoms with van der Waals surface area (Å²) < 4.78 is 1.78. The highest BCUT2D eigenvalue weighted by atomic mass is 16.1. The van der Waals surface area contributed by atoms with E-state index in [2.05, 4.69) is 20.5 Å². The number of carbonyl (C=O) groups is 1. The molecular formula is C14H20N6O. The van der Waals surface area contributed by atoms with E-state index in [1.165, 1.54) is 0 Å². The number of rotatable bonds is 3. The number of carbonyl (C=O) groups excluding carboxylic acids is 1. The molecule has 112 valence electrons. The smallest absolute Gasteiger partial charge is 0.256 e. The quantitative estimate of drug-likeness (QED) is 0.882. The van der Waals surface area contributed by atoms with Gasteiger partial charge >= 0.3 is 0 Å². The van der Waals surface area contributed by atoms with E-state index in [1.807, 2.05) is 13.0 Å². The molecule has 1 saturated carbocycles. The molecule has 0 bridgehead atoms. The number of nitrogens with zero attached hydrogens (tertiary/aromatic N) is 4. The Bertz CT molecular complexity index is 644. The van der Waals surface area contributed by atoms with Crippen LogP contribution in [0.5, 0.6) is 0 Å². The topological polar surface area (TPSA) is 98.2 Å². The van der Waals surface area contributed by atoms with Gasteiger partial charge in [0.05, 0.1) is 0 Å². The molecule has 0 radical (unpaired) electrons. The fraction of sp³-hybridized carbons (Fsp3) is 0.571. The Labute approximate surface area is 123 Å². The van der Waals surface area contributed by atoms with Gasteiger partial charge < -0.3 is 11.1 Å². The molecule has 2 aromatic rings. The number of fused-ring (bicyclic) bond motifs is 1. The number of hydrogen-bond acceptors (Lipinski definition) is 5. The van der Waals surface area contributed by atoms with E-state index in [-0.39, 0.29) is 11.8 Å². The van der Waals surface area contributed by atoms with Crippen molar-refractivity contribution in [1.82, 2.24) is 19.6 Å². The molecule has 1 fully saturated rings. The molecule has 0 spiro atoms. The van der Waals surface area contributed by atoms with Gasteiger partial charge in [0, 0.05) is 17.7 Å². The fourth-order valence-corrected chi connectivity index (χ4v) is 2.91. The maximum absolute atomic E-state index is 12.3. The molecule has 1 aliphatic rings. The van der Waals surface area contributed by atoms with Gasteiger partial charge in [0.2, 0.25) is 5.91 Å². The molecule has 1 amide bonds. The van der Waals surface area contributed by atoms with Crippen molar-refractivity contribution < 1.29 is 4.79 Å². The van der Waals surface area contributed by atoms with Crippen molar-refractivity contribution >= 4 is 17.5 Å². The minimum Gasteiger partial charge on any atom is -0.330 e. The standard InChI is InChI=1S/C14H20N6O/c1-9-6-12(18-14-19-16-8-20(9)14)17-13(21)11-4-2-10(7-15)3-5-11/h6,8,10-11H,2-5,7,15H2,1H3,(H,17,18,19,21)/t10-,11-. The first-order chi connectivity index (χ1) is 10.2. The number of anilines is 1. The largest absolute Gasteiger partial charge is 0.330 e.